The van der Waals surface area contributed by atoms with Crippen molar-refractivity contribution in [1.29, 1.82) is 0 Å². The minimum atomic E-state index is -5.20. The van der Waals surface area contributed by atoms with E-state index in [1.807, 2.05) is 0 Å². The van der Waals surface area contributed by atoms with Crippen LogP contribution in [-0.2, 0) is 15.3 Å². The number of oxazole rings is 1. The van der Waals surface area contributed by atoms with E-state index in [4.69, 9.17) is 19.4 Å². The van der Waals surface area contributed by atoms with Crippen LogP contribution in [0.25, 0.3) is 11.3 Å². The summed E-state index contributed by atoms with van der Waals surface area (Å²) in [4.78, 5) is 34.4. The molecule has 0 aliphatic rings. The van der Waals surface area contributed by atoms with Gasteiger partial charge < -0.3 is 24.7 Å². The molecule has 0 bridgehead atoms. The van der Waals surface area contributed by atoms with Crippen molar-refractivity contribution >= 4 is 29.7 Å². The van der Waals surface area contributed by atoms with E-state index in [1.54, 1.807) is 0 Å². The van der Waals surface area contributed by atoms with Gasteiger partial charge >= 0.3 is 14.0 Å². The SMILES string of the molecule is C=CCC(OP(=O)(O)O)C(Oc1ccc(F)c(C(N)=O)c1F)c1nc(-c2ccc(C(F)(F)F)cc2)c(Br)o1. The first-order chi connectivity index (χ1) is 17.6. The fourth-order valence-electron chi connectivity index (χ4n) is 3.27. The minimum Gasteiger partial charge on any atom is -0.475 e. The zero-order valence-electron chi connectivity index (χ0n) is 18.8. The van der Waals surface area contributed by atoms with Crippen molar-refractivity contribution in [2.45, 2.75) is 24.8 Å². The van der Waals surface area contributed by atoms with Gasteiger partial charge in [0.1, 0.15) is 23.2 Å². The van der Waals surface area contributed by atoms with Crippen molar-refractivity contribution in [3.63, 3.8) is 0 Å². The van der Waals surface area contributed by atoms with Gasteiger partial charge in [0.2, 0.25) is 12.0 Å². The maximum Gasteiger partial charge on any atom is 0.470 e. The zero-order chi connectivity index (χ0) is 28.4. The summed E-state index contributed by atoms with van der Waals surface area (Å²) in [5.74, 6) is -5.53. The Balaban J connectivity index is 2.11. The van der Waals surface area contributed by atoms with Gasteiger partial charge in [-0.1, -0.05) is 18.2 Å². The zero-order valence-corrected chi connectivity index (χ0v) is 21.3. The number of aromatic nitrogens is 1. The van der Waals surface area contributed by atoms with Gasteiger partial charge in [0.15, 0.2) is 16.2 Å². The number of primary amides is 1. The van der Waals surface area contributed by atoms with Gasteiger partial charge in [-0.2, -0.15) is 13.2 Å². The molecule has 0 aliphatic carbocycles. The second-order valence-electron chi connectivity index (χ2n) is 7.55. The third-order valence-electron chi connectivity index (χ3n) is 4.90. The molecule has 0 aliphatic heterocycles. The van der Waals surface area contributed by atoms with E-state index in [0.29, 0.717) is 6.07 Å². The Morgan fingerprint density at radius 2 is 1.84 bits per heavy atom. The predicted molar refractivity (Wildman–Crippen MR) is 125 cm³/mol. The fourth-order valence-corrected chi connectivity index (χ4v) is 4.30. The number of amides is 1. The van der Waals surface area contributed by atoms with E-state index < -0.39 is 66.5 Å². The van der Waals surface area contributed by atoms with Crippen molar-refractivity contribution in [1.82, 2.24) is 4.98 Å². The van der Waals surface area contributed by atoms with Gasteiger partial charge in [0, 0.05) is 5.56 Å². The molecule has 0 fully saturated rings. The number of rotatable bonds is 10. The lowest BCUT2D eigenvalue weighted by Crippen LogP contribution is -2.27. The van der Waals surface area contributed by atoms with Crippen LogP contribution in [0.15, 0.2) is 58.1 Å². The van der Waals surface area contributed by atoms with Gasteiger partial charge in [0.25, 0.3) is 5.91 Å². The van der Waals surface area contributed by atoms with Crippen LogP contribution in [0, 0.1) is 11.6 Å². The predicted octanol–water partition coefficient (Wildman–Crippen LogP) is 5.67. The molecule has 0 spiro atoms. The number of carbonyl (C=O) groups excluding carboxylic acids is 1. The number of ether oxygens (including phenoxy) is 1. The van der Waals surface area contributed by atoms with Crippen molar-refractivity contribution in [2.24, 2.45) is 5.73 Å². The topological polar surface area (TPSA) is 145 Å². The molecule has 0 saturated heterocycles. The molecule has 3 aromatic rings. The molecule has 2 unspecified atom stereocenters. The maximum absolute atomic E-state index is 14.9. The van der Waals surface area contributed by atoms with Gasteiger partial charge in [-0.15, -0.1) is 6.58 Å². The van der Waals surface area contributed by atoms with E-state index >= 15 is 0 Å². The molecule has 204 valence electrons. The van der Waals surface area contributed by atoms with Crippen LogP contribution in [0.1, 0.15) is 34.3 Å². The van der Waals surface area contributed by atoms with Gasteiger partial charge in [-0.25, -0.2) is 18.3 Å². The Morgan fingerprint density at radius 1 is 1.21 bits per heavy atom. The third-order valence-corrected chi connectivity index (χ3v) is 5.98. The highest BCUT2D eigenvalue weighted by Crippen LogP contribution is 2.44. The van der Waals surface area contributed by atoms with Crippen LogP contribution in [0.3, 0.4) is 0 Å². The summed E-state index contributed by atoms with van der Waals surface area (Å²) in [6.45, 7) is 3.45. The largest absolute Gasteiger partial charge is 0.475 e. The molecule has 16 heteroatoms. The summed E-state index contributed by atoms with van der Waals surface area (Å²) in [5, 5.41) is 0. The number of alkyl halides is 3. The molecule has 9 nitrogen and oxygen atoms in total. The number of phosphoric acid groups is 1. The summed E-state index contributed by atoms with van der Waals surface area (Å²) in [6, 6.07) is 5.22. The van der Waals surface area contributed by atoms with Gasteiger partial charge in [0.05, 0.1) is 5.56 Å². The smallest absolute Gasteiger partial charge is 0.470 e. The molecule has 2 atom stereocenters. The number of carbonyl (C=O) groups is 1. The van der Waals surface area contributed by atoms with Crippen molar-refractivity contribution < 1.29 is 54.8 Å². The van der Waals surface area contributed by atoms with Crippen molar-refractivity contribution in [2.75, 3.05) is 0 Å². The van der Waals surface area contributed by atoms with Crippen LogP contribution in [0.4, 0.5) is 22.0 Å². The lowest BCUT2D eigenvalue weighted by molar-refractivity contribution is -0.137. The average molecular weight is 627 g/mol. The molecular weight excluding hydrogens is 610 g/mol. The number of halogens is 6. The van der Waals surface area contributed by atoms with Crippen LogP contribution in [0.2, 0.25) is 0 Å². The first kappa shape index (κ1) is 29.5. The number of nitrogens with zero attached hydrogens (tertiary/aromatic N) is 1. The van der Waals surface area contributed by atoms with E-state index in [2.05, 4.69) is 27.5 Å². The molecule has 2 aromatic carbocycles. The average Bonchev–Trinajstić information content (AvgIpc) is 3.18. The number of hydrogen-bond acceptors (Lipinski definition) is 6. The minimum absolute atomic E-state index is 0.0479. The molecule has 0 radical (unpaired) electrons. The summed E-state index contributed by atoms with van der Waals surface area (Å²) in [7, 11) is -5.20. The highest BCUT2D eigenvalue weighted by atomic mass is 79.9. The van der Waals surface area contributed by atoms with E-state index in [-0.39, 0.29) is 22.3 Å². The Morgan fingerprint density at radius 3 is 2.37 bits per heavy atom. The summed E-state index contributed by atoms with van der Waals surface area (Å²) >= 11 is 3.06. The van der Waals surface area contributed by atoms with Crippen LogP contribution in [-0.4, -0.2) is 26.8 Å². The lowest BCUT2D eigenvalue weighted by Gasteiger charge is -2.25. The van der Waals surface area contributed by atoms with E-state index in [0.717, 1.165) is 30.3 Å². The van der Waals surface area contributed by atoms with Crippen molar-refractivity contribution in [3.05, 3.63) is 82.4 Å². The summed E-state index contributed by atoms with van der Waals surface area (Å²) in [5.41, 5.74) is 3.04. The first-order valence-electron chi connectivity index (χ1n) is 10.3. The highest BCUT2D eigenvalue weighted by Gasteiger charge is 2.37. The Hall–Kier alpha value is -3.10. The number of benzene rings is 2. The molecule has 38 heavy (non-hydrogen) atoms. The van der Waals surface area contributed by atoms with Crippen LogP contribution < -0.4 is 10.5 Å². The molecular formula is C22H17BrF5N2O7P. The quantitative estimate of drug-likeness (QED) is 0.148. The van der Waals surface area contributed by atoms with Gasteiger partial charge in [-0.3, -0.25) is 9.32 Å². The summed E-state index contributed by atoms with van der Waals surface area (Å²) in [6.07, 6.45) is -7.13. The Kier molecular flexibility index (Phi) is 8.79. The van der Waals surface area contributed by atoms with Crippen LogP contribution >= 0.6 is 23.8 Å². The number of hydrogen-bond donors (Lipinski definition) is 3. The number of nitrogens with two attached hydrogens (primary N) is 1. The standard InChI is InChI=1S/C22H17BrF5N2O7P/c1-2-3-14(37-38(32,33)34)18(35-13-9-8-12(24)15(16(13)25)20(29)31)21-30-17(19(23)36-21)10-4-6-11(7-5-10)22(26,27)28/h2,4-9,14,18H,1,3H2,(H2,29,31)(H2,32,33,34). The third kappa shape index (κ3) is 6.85. The second-order valence-corrected chi connectivity index (χ2v) is 9.46. The number of phosphoric ester groups is 1. The molecule has 1 amide bonds. The normalized spacial score (nSPS) is 13.7. The molecule has 4 N–H and O–H groups in total. The Labute approximate surface area is 219 Å². The highest BCUT2D eigenvalue weighted by molar-refractivity contribution is 9.10. The maximum atomic E-state index is 14.9. The first-order valence-corrected chi connectivity index (χ1v) is 12.6. The van der Waals surface area contributed by atoms with Crippen molar-refractivity contribution in [3.8, 4) is 17.0 Å². The molecule has 0 saturated carbocycles. The molecule has 1 heterocycles. The Bertz CT molecular complexity index is 1390. The van der Waals surface area contributed by atoms with Gasteiger partial charge in [-0.05, 0) is 46.6 Å². The van der Waals surface area contributed by atoms with E-state index in [9.17, 15) is 41.1 Å². The fraction of sp³-hybridized carbons (Fsp3) is 0.182. The second kappa shape index (κ2) is 11.3. The summed E-state index contributed by atoms with van der Waals surface area (Å²) < 4.78 is 94.8. The van der Waals surface area contributed by atoms with Crippen LogP contribution in [0.5, 0.6) is 5.75 Å². The lowest BCUT2D eigenvalue weighted by atomic mass is 10.1. The monoisotopic (exact) mass is 626 g/mol. The van der Waals surface area contributed by atoms with E-state index in [1.165, 1.54) is 6.08 Å². The molecule has 1 aromatic heterocycles. The molecule has 3 rings (SSSR count).